The summed E-state index contributed by atoms with van der Waals surface area (Å²) in [6, 6.07) is 1.89. The highest BCUT2D eigenvalue weighted by Crippen LogP contribution is 2.34. The van der Waals surface area contributed by atoms with Gasteiger partial charge in [0.15, 0.2) is 0 Å². The van der Waals surface area contributed by atoms with Gasteiger partial charge in [-0.15, -0.1) is 11.3 Å². The number of carbonyl (C=O) groups is 1. The van der Waals surface area contributed by atoms with Crippen LogP contribution in [0.3, 0.4) is 0 Å². The lowest BCUT2D eigenvalue weighted by Gasteiger charge is -1.98. The van der Waals surface area contributed by atoms with Gasteiger partial charge < -0.3 is 16.8 Å². The molecule has 1 aromatic heterocycles. The van der Waals surface area contributed by atoms with Crippen LogP contribution in [-0.2, 0) is 0 Å². The Morgan fingerprint density at radius 2 is 2.31 bits per heavy atom. The molecule has 68 valence electrons. The van der Waals surface area contributed by atoms with Crippen LogP contribution in [0.15, 0.2) is 0 Å². The zero-order valence-corrected chi connectivity index (χ0v) is 7.73. The molecule has 1 rings (SSSR count). The van der Waals surface area contributed by atoms with Crippen LogP contribution in [0.25, 0.3) is 0 Å². The lowest BCUT2D eigenvalue weighted by molar-refractivity contribution is 0.100. The van der Waals surface area contributed by atoms with Crippen molar-refractivity contribution in [3.8, 4) is 6.07 Å². The summed E-state index contributed by atoms with van der Waals surface area (Å²) in [4.78, 5) is 11.2. The van der Waals surface area contributed by atoms with Crippen molar-refractivity contribution in [2.45, 2.75) is 0 Å². The quantitative estimate of drug-likeness (QED) is 0.634. The Morgan fingerprint density at radius 3 is 2.62 bits per heavy atom. The summed E-state index contributed by atoms with van der Waals surface area (Å²) >= 11 is 1.12. The third-order valence-electron chi connectivity index (χ3n) is 1.52. The van der Waals surface area contributed by atoms with Crippen molar-refractivity contribution < 1.29 is 4.79 Å². The van der Waals surface area contributed by atoms with Gasteiger partial charge in [-0.3, -0.25) is 4.79 Å². The smallest absolute Gasteiger partial charge is 0.253 e. The van der Waals surface area contributed by atoms with Crippen molar-refractivity contribution in [1.82, 2.24) is 0 Å². The minimum absolute atomic E-state index is 0.157. The maximum absolute atomic E-state index is 10.9. The summed E-state index contributed by atoms with van der Waals surface area (Å²) in [6.07, 6.45) is 0. The van der Waals surface area contributed by atoms with E-state index in [9.17, 15) is 4.79 Å². The molecule has 0 aliphatic heterocycles. The number of nitrogens with two attached hydrogens (primary N) is 2. The van der Waals surface area contributed by atoms with Gasteiger partial charge in [-0.25, -0.2) is 0 Å². The van der Waals surface area contributed by atoms with Gasteiger partial charge in [0.05, 0.1) is 11.3 Å². The molecule has 0 atom stereocenters. The SMILES string of the molecule is CNc1sc(C#N)c(N)c1C(N)=O. The summed E-state index contributed by atoms with van der Waals surface area (Å²) in [5, 5.41) is 11.9. The molecule has 0 aromatic carbocycles. The molecule has 1 heterocycles. The Bertz CT molecular complexity index is 390. The fraction of sp³-hybridized carbons (Fsp3) is 0.143. The number of carbonyl (C=O) groups excluding carboxylic acids is 1. The van der Waals surface area contributed by atoms with Gasteiger partial charge in [0.25, 0.3) is 5.91 Å². The van der Waals surface area contributed by atoms with Crippen molar-refractivity contribution in [3.05, 3.63) is 10.4 Å². The number of hydrogen-bond acceptors (Lipinski definition) is 5. The van der Waals surface area contributed by atoms with Crippen LogP contribution < -0.4 is 16.8 Å². The first-order valence-corrected chi connectivity index (χ1v) is 4.23. The summed E-state index contributed by atoms with van der Waals surface area (Å²) < 4.78 is 0. The third-order valence-corrected chi connectivity index (χ3v) is 2.65. The van der Waals surface area contributed by atoms with Gasteiger partial charge in [-0.2, -0.15) is 5.26 Å². The van der Waals surface area contributed by atoms with Crippen LogP contribution in [0.1, 0.15) is 15.2 Å². The first kappa shape index (κ1) is 9.35. The average molecular weight is 196 g/mol. The number of nitriles is 1. The van der Waals surface area contributed by atoms with Gasteiger partial charge in [0.2, 0.25) is 0 Å². The molecule has 13 heavy (non-hydrogen) atoms. The lowest BCUT2D eigenvalue weighted by atomic mass is 10.2. The largest absolute Gasteiger partial charge is 0.396 e. The minimum Gasteiger partial charge on any atom is -0.396 e. The predicted molar refractivity (Wildman–Crippen MR) is 51.5 cm³/mol. The molecule has 0 aliphatic carbocycles. The molecular formula is C7H8N4OS. The molecule has 0 saturated carbocycles. The van der Waals surface area contributed by atoms with Crippen molar-refractivity contribution in [2.75, 3.05) is 18.1 Å². The fourth-order valence-corrected chi connectivity index (χ4v) is 1.82. The van der Waals surface area contributed by atoms with E-state index in [1.807, 2.05) is 6.07 Å². The molecule has 0 unspecified atom stereocenters. The zero-order chi connectivity index (χ0) is 10.0. The van der Waals surface area contributed by atoms with Crippen LogP contribution in [0, 0.1) is 11.3 Å². The molecule has 0 saturated heterocycles. The highest BCUT2D eigenvalue weighted by atomic mass is 32.1. The van der Waals surface area contributed by atoms with E-state index in [1.165, 1.54) is 0 Å². The van der Waals surface area contributed by atoms with E-state index in [1.54, 1.807) is 7.05 Å². The standard InChI is InChI=1S/C7H8N4OS/c1-11-7-4(6(10)12)5(9)3(2-8)13-7/h11H,9H2,1H3,(H2,10,12). The van der Waals surface area contributed by atoms with E-state index in [2.05, 4.69) is 5.32 Å². The molecule has 0 fully saturated rings. The Labute approximate surface area is 79.0 Å². The lowest BCUT2D eigenvalue weighted by Crippen LogP contribution is -2.13. The van der Waals surface area contributed by atoms with Gasteiger partial charge in [0, 0.05) is 7.05 Å². The van der Waals surface area contributed by atoms with Crippen LogP contribution in [-0.4, -0.2) is 13.0 Å². The van der Waals surface area contributed by atoms with E-state index in [0.717, 1.165) is 11.3 Å². The van der Waals surface area contributed by atoms with Crippen LogP contribution in [0.2, 0.25) is 0 Å². The van der Waals surface area contributed by atoms with Crippen molar-refractivity contribution in [2.24, 2.45) is 5.73 Å². The number of anilines is 2. The van der Waals surface area contributed by atoms with Crippen LogP contribution in [0.4, 0.5) is 10.7 Å². The third kappa shape index (κ3) is 1.41. The molecule has 5 nitrogen and oxygen atoms in total. The van der Waals surface area contributed by atoms with Crippen molar-refractivity contribution >= 4 is 27.9 Å². The molecule has 1 amide bonds. The highest BCUT2D eigenvalue weighted by molar-refractivity contribution is 7.17. The van der Waals surface area contributed by atoms with Gasteiger partial charge in [-0.1, -0.05) is 0 Å². The summed E-state index contributed by atoms with van der Waals surface area (Å²) in [6.45, 7) is 0. The second-order valence-electron chi connectivity index (χ2n) is 2.28. The van der Waals surface area contributed by atoms with E-state index in [4.69, 9.17) is 16.7 Å². The first-order chi connectivity index (χ1) is 6.11. The van der Waals surface area contributed by atoms with Gasteiger partial charge in [0.1, 0.15) is 15.9 Å². The predicted octanol–water partition coefficient (Wildman–Crippen LogP) is 0.343. The topological polar surface area (TPSA) is 105 Å². The number of amides is 1. The molecule has 5 N–H and O–H groups in total. The summed E-state index contributed by atoms with van der Waals surface area (Å²) in [5.41, 5.74) is 11.0. The van der Waals surface area contributed by atoms with E-state index >= 15 is 0 Å². The normalized spacial score (nSPS) is 9.23. The Balaban J connectivity index is 3.39. The maximum Gasteiger partial charge on any atom is 0.253 e. The van der Waals surface area contributed by atoms with Crippen molar-refractivity contribution in [1.29, 1.82) is 5.26 Å². The Morgan fingerprint density at radius 1 is 1.69 bits per heavy atom. The highest BCUT2D eigenvalue weighted by Gasteiger charge is 2.18. The number of nitrogen functional groups attached to an aromatic ring is 1. The van der Waals surface area contributed by atoms with Gasteiger partial charge in [-0.05, 0) is 0 Å². The number of primary amides is 1. The Hall–Kier alpha value is -1.74. The minimum atomic E-state index is -0.625. The van der Waals surface area contributed by atoms with Crippen LogP contribution >= 0.6 is 11.3 Å². The molecule has 0 radical (unpaired) electrons. The maximum atomic E-state index is 10.9. The number of nitrogens with zero attached hydrogens (tertiary/aromatic N) is 1. The van der Waals surface area contributed by atoms with Gasteiger partial charge >= 0.3 is 0 Å². The van der Waals surface area contributed by atoms with E-state index in [0.29, 0.717) is 9.88 Å². The van der Waals surface area contributed by atoms with E-state index < -0.39 is 5.91 Å². The molecule has 0 spiro atoms. The monoisotopic (exact) mass is 196 g/mol. The number of nitrogens with one attached hydrogen (secondary N) is 1. The second kappa shape index (κ2) is 3.33. The van der Waals surface area contributed by atoms with Crippen LogP contribution in [0.5, 0.6) is 0 Å². The fourth-order valence-electron chi connectivity index (χ4n) is 0.948. The first-order valence-electron chi connectivity index (χ1n) is 3.41. The number of thiophene rings is 1. The average Bonchev–Trinajstić information content (AvgIpc) is 2.41. The van der Waals surface area contributed by atoms with Crippen molar-refractivity contribution in [3.63, 3.8) is 0 Å². The molecule has 6 heteroatoms. The molecule has 1 aromatic rings. The zero-order valence-electron chi connectivity index (χ0n) is 6.92. The summed E-state index contributed by atoms with van der Waals surface area (Å²) in [7, 11) is 1.64. The summed E-state index contributed by atoms with van der Waals surface area (Å²) in [5.74, 6) is -0.625. The molecule has 0 aliphatic rings. The molecule has 0 bridgehead atoms. The molecular weight excluding hydrogens is 188 g/mol. The second-order valence-corrected chi connectivity index (χ2v) is 3.30. The Kier molecular flexibility index (Phi) is 2.39. The van der Waals surface area contributed by atoms with E-state index in [-0.39, 0.29) is 11.3 Å². The number of rotatable bonds is 2. The number of hydrogen-bond donors (Lipinski definition) is 3.